The first-order valence-electron chi connectivity index (χ1n) is 10.2. The van der Waals surface area contributed by atoms with Crippen molar-refractivity contribution >= 4 is 12.0 Å². The van der Waals surface area contributed by atoms with E-state index in [1.54, 1.807) is 13.2 Å². The molecule has 2 aromatic rings. The number of ether oxygens (including phenoxy) is 2. The van der Waals surface area contributed by atoms with Crippen LogP contribution < -0.4 is 14.8 Å². The summed E-state index contributed by atoms with van der Waals surface area (Å²) in [5.41, 5.74) is 1.23. The molecule has 1 aliphatic rings. The Morgan fingerprint density at radius 2 is 1.90 bits per heavy atom. The molecule has 5 heteroatoms. The van der Waals surface area contributed by atoms with Gasteiger partial charge in [0.25, 0.3) is 5.91 Å². The van der Waals surface area contributed by atoms with Crippen molar-refractivity contribution in [3.63, 3.8) is 0 Å². The van der Waals surface area contributed by atoms with E-state index in [-0.39, 0.29) is 12.5 Å². The summed E-state index contributed by atoms with van der Waals surface area (Å²) in [7, 11) is 1.59. The molecule has 0 saturated carbocycles. The molecule has 1 aliphatic heterocycles. The van der Waals surface area contributed by atoms with Gasteiger partial charge >= 0.3 is 0 Å². The van der Waals surface area contributed by atoms with Crippen LogP contribution >= 0.6 is 0 Å². The Balaban J connectivity index is 1.37. The summed E-state index contributed by atoms with van der Waals surface area (Å²) in [5, 5.41) is 3.01. The second-order valence-corrected chi connectivity index (χ2v) is 7.32. The van der Waals surface area contributed by atoms with Gasteiger partial charge in [0, 0.05) is 19.6 Å². The minimum atomic E-state index is -0.1000. The lowest BCUT2D eigenvalue weighted by molar-refractivity contribution is -0.123. The van der Waals surface area contributed by atoms with E-state index in [0.29, 0.717) is 24.0 Å². The lowest BCUT2D eigenvalue weighted by Gasteiger charge is -2.32. The molecule has 0 bridgehead atoms. The van der Waals surface area contributed by atoms with Crippen LogP contribution in [0.15, 0.2) is 60.7 Å². The van der Waals surface area contributed by atoms with Gasteiger partial charge in [-0.05, 0) is 43.0 Å². The molecule has 29 heavy (non-hydrogen) atoms. The highest BCUT2D eigenvalue weighted by atomic mass is 16.5. The van der Waals surface area contributed by atoms with Gasteiger partial charge in [-0.1, -0.05) is 54.6 Å². The van der Waals surface area contributed by atoms with Crippen molar-refractivity contribution in [3.05, 3.63) is 66.2 Å². The monoisotopic (exact) mass is 394 g/mol. The van der Waals surface area contributed by atoms with Crippen molar-refractivity contribution in [1.29, 1.82) is 0 Å². The first-order chi connectivity index (χ1) is 14.2. The van der Waals surface area contributed by atoms with E-state index in [0.717, 1.165) is 32.5 Å². The van der Waals surface area contributed by atoms with Crippen LogP contribution in [0.1, 0.15) is 18.4 Å². The van der Waals surface area contributed by atoms with Gasteiger partial charge in [0.2, 0.25) is 0 Å². The molecule has 0 aromatic heterocycles. The highest BCUT2D eigenvalue weighted by Crippen LogP contribution is 2.25. The predicted molar refractivity (Wildman–Crippen MR) is 116 cm³/mol. The highest BCUT2D eigenvalue weighted by Gasteiger charge is 2.19. The fraction of sp³-hybridized carbons (Fsp3) is 0.375. The summed E-state index contributed by atoms with van der Waals surface area (Å²) in [6, 6.07) is 17.7. The first-order valence-corrected chi connectivity index (χ1v) is 10.2. The van der Waals surface area contributed by atoms with Crippen LogP contribution in [0.3, 0.4) is 0 Å². The Labute approximate surface area is 173 Å². The van der Waals surface area contributed by atoms with Crippen LogP contribution in [0.4, 0.5) is 0 Å². The maximum absolute atomic E-state index is 12.2. The zero-order chi connectivity index (χ0) is 20.3. The normalized spacial score (nSPS) is 17.2. The Morgan fingerprint density at radius 1 is 1.14 bits per heavy atom. The number of likely N-dealkylation sites (tertiary alicyclic amines) is 1. The Kier molecular flexibility index (Phi) is 8.13. The minimum absolute atomic E-state index is 0.00335. The minimum Gasteiger partial charge on any atom is -0.493 e. The number of hydrogen-bond donors (Lipinski definition) is 1. The molecule has 154 valence electrons. The van der Waals surface area contributed by atoms with Gasteiger partial charge in [-0.15, -0.1) is 0 Å². The average Bonchev–Trinajstić information content (AvgIpc) is 2.77. The number of nitrogens with zero attached hydrogens (tertiary/aromatic N) is 1. The number of piperidine rings is 1. The molecule has 1 unspecified atom stereocenters. The number of amides is 1. The lowest BCUT2D eigenvalue weighted by Crippen LogP contribution is -2.41. The van der Waals surface area contributed by atoms with Gasteiger partial charge in [0.15, 0.2) is 18.1 Å². The summed E-state index contributed by atoms with van der Waals surface area (Å²) >= 11 is 0. The molecule has 1 fully saturated rings. The van der Waals surface area contributed by atoms with Gasteiger partial charge in [0.05, 0.1) is 7.11 Å². The topological polar surface area (TPSA) is 50.8 Å². The smallest absolute Gasteiger partial charge is 0.257 e. The van der Waals surface area contributed by atoms with Crippen molar-refractivity contribution in [1.82, 2.24) is 10.2 Å². The number of para-hydroxylation sites is 2. The number of methoxy groups -OCH3 is 1. The van der Waals surface area contributed by atoms with Crippen molar-refractivity contribution < 1.29 is 14.3 Å². The number of nitrogens with one attached hydrogen (secondary N) is 1. The predicted octanol–water partition coefficient (Wildman–Crippen LogP) is 3.62. The summed E-state index contributed by atoms with van der Waals surface area (Å²) < 4.78 is 10.8. The molecule has 3 rings (SSSR count). The third-order valence-corrected chi connectivity index (χ3v) is 5.09. The summed E-state index contributed by atoms with van der Waals surface area (Å²) in [4.78, 5) is 14.6. The van der Waals surface area contributed by atoms with Crippen molar-refractivity contribution in [2.75, 3.05) is 39.9 Å². The van der Waals surface area contributed by atoms with Crippen molar-refractivity contribution in [2.24, 2.45) is 5.92 Å². The number of carbonyl (C=O) groups excluding carboxylic acids is 1. The van der Waals surface area contributed by atoms with E-state index in [1.807, 2.05) is 24.3 Å². The molecule has 0 spiro atoms. The van der Waals surface area contributed by atoms with Crippen LogP contribution in [0.25, 0.3) is 6.08 Å². The molecule has 1 saturated heterocycles. The van der Waals surface area contributed by atoms with Crippen LogP contribution in [0, 0.1) is 5.92 Å². The first kappa shape index (κ1) is 20.9. The van der Waals surface area contributed by atoms with E-state index in [9.17, 15) is 4.79 Å². The Bertz CT molecular complexity index is 792. The number of hydrogen-bond acceptors (Lipinski definition) is 4. The van der Waals surface area contributed by atoms with Gasteiger partial charge in [-0.25, -0.2) is 0 Å². The fourth-order valence-electron chi connectivity index (χ4n) is 3.58. The second-order valence-electron chi connectivity index (χ2n) is 7.32. The molecular weight excluding hydrogens is 364 g/mol. The molecule has 0 radical (unpaired) electrons. The largest absolute Gasteiger partial charge is 0.493 e. The van der Waals surface area contributed by atoms with Gasteiger partial charge in [-0.3, -0.25) is 9.69 Å². The van der Waals surface area contributed by atoms with E-state index >= 15 is 0 Å². The molecule has 1 heterocycles. The van der Waals surface area contributed by atoms with Crippen molar-refractivity contribution in [2.45, 2.75) is 12.8 Å². The SMILES string of the molecule is COc1ccccc1OCC(=O)NCC1CCCN(C/C=C/c2ccccc2)C1. The van der Waals surface area contributed by atoms with E-state index < -0.39 is 0 Å². The van der Waals surface area contributed by atoms with Gasteiger partial charge < -0.3 is 14.8 Å². The zero-order valence-electron chi connectivity index (χ0n) is 17.0. The third-order valence-electron chi connectivity index (χ3n) is 5.09. The Morgan fingerprint density at radius 3 is 2.69 bits per heavy atom. The average molecular weight is 395 g/mol. The maximum atomic E-state index is 12.2. The molecule has 1 amide bonds. The quantitative estimate of drug-likeness (QED) is 0.706. The van der Waals surface area contributed by atoms with E-state index in [4.69, 9.17) is 9.47 Å². The highest BCUT2D eigenvalue weighted by molar-refractivity contribution is 5.77. The Hall–Kier alpha value is -2.79. The number of benzene rings is 2. The standard InChI is InChI=1S/C24H30N2O3/c1-28-22-13-5-6-14-23(22)29-19-24(27)25-17-21-12-8-16-26(18-21)15-7-11-20-9-3-2-4-10-20/h2-7,9-11,13-14,21H,8,12,15-19H2,1H3,(H,25,27)/b11-7+. The van der Waals surface area contributed by atoms with Crippen LogP contribution in [-0.2, 0) is 4.79 Å². The van der Waals surface area contributed by atoms with E-state index in [1.165, 1.54) is 5.56 Å². The third kappa shape index (κ3) is 6.95. The molecule has 0 aliphatic carbocycles. The fourth-order valence-corrected chi connectivity index (χ4v) is 3.58. The second kappa shape index (κ2) is 11.3. The van der Waals surface area contributed by atoms with Crippen LogP contribution in [0.2, 0.25) is 0 Å². The van der Waals surface area contributed by atoms with Gasteiger partial charge in [-0.2, -0.15) is 0 Å². The molecule has 1 atom stereocenters. The lowest BCUT2D eigenvalue weighted by atomic mass is 9.98. The molecule has 5 nitrogen and oxygen atoms in total. The zero-order valence-corrected chi connectivity index (χ0v) is 17.0. The number of rotatable bonds is 9. The van der Waals surface area contributed by atoms with Crippen LogP contribution in [-0.4, -0.2) is 50.7 Å². The number of carbonyl (C=O) groups is 1. The van der Waals surface area contributed by atoms with Gasteiger partial charge in [0.1, 0.15) is 0 Å². The van der Waals surface area contributed by atoms with E-state index in [2.05, 4.69) is 46.6 Å². The van der Waals surface area contributed by atoms with Crippen molar-refractivity contribution in [3.8, 4) is 11.5 Å². The summed E-state index contributed by atoms with van der Waals surface area (Å²) in [5.74, 6) is 1.59. The molecular formula is C24H30N2O3. The summed E-state index contributed by atoms with van der Waals surface area (Å²) in [6.07, 6.45) is 6.70. The summed E-state index contributed by atoms with van der Waals surface area (Å²) in [6.45, 7) is 3.74. The maximum Gasteiger partial charge on any atom is 0.257 e. The van der Waals surface area contributed by atoms with Crippen LogP contribution in [0.5, 0.6) is 11.5 Å². The molecule has 1 N–H and O–H groups in total. The molecule has 2 aromatic carbocycles.